The van der Waals surface area contributed by atoms with Gasteiger partial charge in [-0.3, -0.25) is 9.59 Å². The lowest BCUT2D eigenvalue weighted by Gasteiger charge is -2.27. The Morgan fingerprint density at radius 1 is 1.21 bits per heavy atom. The summed E-state index contributed by atoms with van der Waals surface area (Å²) in [6.07, 6.45) is 0.216. The van der Waals surface area contributed by atoms with Crippen molar-refractivity contribution in [2.45, 2.75) is 6.42 Å². The van der Waals surface area contributed by atoms with Gasteiger partial charge >= 0.3 is 0 Å². The first kappa shape index (κ1) is 15.9. The summed E-state index contributed by atoms with van der Waals surface area (Å²) in [6.45, 7) is 0.248. The second-order valence-corrected chi connectivity index (χ2v) is 5.35. The number of nitrogens with zero attached hydrogens (tertiary/aromatic N) is 1. The van der Waals surface area contributed by atoms with Crippen molar-refractivity contribution in [2.75, 3.05) is 30.5 Å². The number of nitrogens with one attached hydrogen (secondary N) is 1. The van der Waals surface area contributed by atoms with Crippen molar-refractivity contribution < 1.29 is 19.1 Å². The van der Waals surface area contributed by atoms with E-state index in [0.29, 0.717) is 17.1 Å². The van der Waals surface area contributed by atoms with Crippen LogP contribution < -0.4 is 19.7 Å². The van der Waals surface area contributed by atoms with Crippen molar-refractivity contribution >= 4 is 23.2 Å². The van der Waals surface area contributed by atoms with Crippen LogP contribution in [0.5, 0.6) is 11.5 Å². The summed E-state index contributed by atoms with van der Waals surface area (Å²) in [6, 6.07) is 14.6. The molecule has 1 N–H and O–H groups in total. The normalized spacial score (nSPS) is 13.0. The third-order valence-corrected chi connectivity index (χ3v) is 3.68. The zero-order chi connectivity index (χ0) is 16.9. The zero-order valence-electron chi connectivity index (χ0n) is 13.3. The molecule has 3 rings (SSSR count). The molecule has 0 aliphatic carbocycles. The molecule has 2 amide bonds. The fourth-order valence-corrected chi connectivity index (χ4v) is 2.40. The zero-order valence-corrected chi connectivity index (χ0v) is 13.3. The molecule has 0 radical (unpaired) electrons. The topological polar surface area (TPSA) is 67.9 Å². The predicted octanol–water partition coefficient (Wildman–Crippen LogP) is 2.45. The fourth-order valence-electron chi connectivity index (χ4n) is 2.40. The van der Waals surface area contributed by atoms with E-state index in [4.69, 9.17) is 9.47 Å². The second kappa shape index (κ2) is 7.04. The molecule has 2 aromatic rings. The van der Waals surface area contributed by atoms with Crippen LogP contribution in [-0.4, -0.2) is 32.1 Å². The van der Waals surface area contributed by atoms with Gasteiger partial charge in [0.2, 0.25) is 5.91 Å². The van der Waals surface area contributed by atoms with Crippen LogP contribution in [0, 0.1) is 0 Å². The lowest BCUT2D eigenvalue weighted by molar-refractivity contribution is -0.121. The van der Waals surface area contributed by atoms with Crippen LogP contribution in [-0.2, 0) is 9.59 Å². The third kappa shape index (κ3) is 3.48. The summed E-state index contributed by atoms with van der Waals surface area (Å²) in [4.78, 5) is 25.3. The van der Waals surface area contributed by atoms with E-state index in [2.05, 4.69) is 5.32 Å². The number of carbonyl (C=O) groups is 2. The molecule has 0 aromatic heterocycles. The van der Waals surface area contributed by atoms with Gasteiger partial charge in [0, 0.05) is 7.05 Å². The molecule has 6 nitrogen and oxygen atoms in total. The maximum atomic E-state index is 12.1. The van der Waals surface area contributed by atoms with Crippen molar-refractivity contribution in [3.05, 3.63) is 48.5 Å². The molecule has 0 unspecified atom stereocenters. The van der Waals surface area contributed by atoms with E-state index in [-0.39, 0.29) is 31.4 Å². The highest BCUT2D eigenvalue weighted by Gasteiger charge is 2.24. The van der Waals surface area contributed by atoms with Gasteiger partial charge in [0.1, 0.15) is 5.75 Å². The maximum Gasteiger partial charge on any atom is 0.264 e. The molecule has 24 heavy (non-hydrogen) atoms. The molecule has 0 saturated carbocycles. The lowest BCUT2D eigenvalue weighted by atomic mass is 10.2. The number of carbonyl (C=O) groups excluding carboxylic acids is 2. The standard InChI is InChI=1S/C18H18N2O4/c1-20-15-9-5-8-14(18(15)24-12-17(20)22)19-16(21)10-11-23-13-6-3-2-4-7-13/h2-9H,10-12H2,1H3,(H,19,21). The Hall–Kier alpha value is -3.02. The van der Waals surface area contributed by atoms with Gasteiger partial charge in [0.05, 0.1) is 24.4 Å². The molecule has 1 aliphatic rings. The number of amides is 2. The van der Waals surface area contributed by atoms with E-state index in [1.165, 1.54) is 4.90 Å². The average molecular weight is 326 g/mol. The largest absolute Gasteiger partial charge is 0.493 e. The van der Waals surface area contributed by atoms with Crippen LogP contribution in [0.25, 0.3) is 0 Å². The average Bonchev–Trinajstić information content (AvgIpc) is 2.59. The molecular weight excluding hydrogens is 308 g/mol. The summed E-state index contributed by atoms with van der Waals surface area (Å²) >= 11 is 0. The molecule has 0 bridgehead atoms. The second-order valence-electron chi connectivity index (χ2n) is 5.35. The first-order valence-electron chi connectivity index (χ1n) is 7.65. The third-order valence-electron chi connectivity index (χ3n) is 3.68. The highest BCUT2D eigenvalue weighted by molar-refractivity contribution is 6.01. The van der Waals surface area contributed by atoms with Crippen molar-refractivity contribution in [1.82, 2.24) is 0 Å². The van der Waals surface area contributed by atoms with E-state index in [1.54, 1.807) is 25.2 Å². The minimum absolute atomic E-state index is 0.0342. The molecular formula is C18H18N2O4. The minimum Gasteiger partial charge on any atom is -0.493 e. The quantitative estimate of drug-likeness (QED) is 0.916. The lowest BCUT2D eigenvalue weighted by Crippen LogP contribution is -2.35. The summed E-state index contributed by atoms with van der Waals surface area (Å²) in [5.41, 5.74) is 1.20. The highest BCUT2D eigenvalue weighted by Crippen LogP contribution is 2.37. The van der Waals surface area contributed by atoms with Crippen LogP contribution in [0.4, 0.5) is 11.4 Å². The van der Waals surface area contributed by atoms with Crippen molar-refractivity contribution in [1.29, 1.82) is 0 Å². The Morgan fingerprint density at radius 2 is 2.00 bits per heavy atom. The van der Waals surface area contributed by atoms with Gasteiger partial charge in [-0.2, -0.15) is 0 Å². The van der Waals surface area contributed by atoms with Gasteiger partial charge in [-0.1, -0.05) is 24.3 Å². The SMILES string of the molecule is CN1C(=O)COc2c(NC(=O)CCOc3ccccc3)cccc21. The van der Waals surface area contributed by atoms with E-state index in [1.807, 2.05) is 30.3 Å². The van der Waals surface area contributed by atoms with Crippen molar-refractivity contribution in [2.24, 2.45) is 0 Å². The molecule has 0 atom stereocenters. The number of ether oxygens (including phenoxy) is 2. The molecule has 1 aliphatic heterocycles. The predicted molar refractivity (Wildman–Crippen MR) is 90.5 cm³/mol. The fraction of sp³-hybridized carbons (Fsp3) is 0.222. The summed E-state index contributed by atoms with van der Waals surface area (Å²) in [5, 5.41) is 2.81. The van der Waals surface area contributed by atoms with Crippen molar-refractivity contribution in [3.63, 3.8) is 0 Å². The van der Waals surface area contributed by atoms with Crippen LogP contribution in [0.3, 0.4) is 0 Å². The monoisotopic (exact) mass is 326 g/mol. The molecule has 0 spiro atoms. The summed E-state index contributed by atoms with van der Waals surface area (Å²) in [5.74, 6) is 0.938. The molecule has 1 heterocycles. The summed E-state index contributed by atoms with van der Waals surface area (Å²) in [7, 11) is 1.68. The van der Waals surface area contributed by atoms with E-state index in [0.717, 1.165) is 5.75 Å². The van der Waals surface area contributed by atoms with Crippen LogP contribution in [0.1, 0.15) is 6.42 Å². The number of likely N-dealkylation sites (N-methyl/N-ethyl adjacent to an activating group) is 1. The molecule has 124 valence electrons. The first-order valence-corrected chi connectivity index (χ1v) is 7.65. The number of hydrogen-bond donors (Lipinski definition) is 1. The summed E-state index contributed by atoms with van der Waals surface area (Å²) < 4.78 is 11.0. The Morgan fingerprint density at radius 3 is 2.79 bits per heavy atom. The van der Waals surface area contributed by atoms with Gasteiger partial charge in [0.25, 0.3) is 5.91 Å². The van der Waals surface area contributed by atoms with Gasteiger partial charge in [-0.05, 0) is 24.3 Å². The van der Waals surface area contributed by atoms with Crippen LogP contribution in [0.15, 0.2) is 48.5 Å². The maximum absolute atomic E-state index is 12.1. The molecule has 0 fully saturated rings. The van der Waals surface area contributed by atoms with Gasteiger partial charge in [-0.15, -0.1) is 0 Å². The number of fused-ring (bicyclic) bond motifs is 1. The van der Waals surface area contributed by atoms with Gasteiger partial charge in [-0.25, -0.2) is 0 Å². The van der Waals surface area contributed by atoms with Crippen molar-refractivity contribution in [3.8, 4) is 11.5 Å². The Kier molecular flexibility index (Phi) is 4.65. The van der Waals surface area contributed by atoms with E-state index < -0.39 is 0 Å². The number of rotatable bonds is 5. The Bertz CT molecular complexity index is 746. The Labute approximate surface area is 140 Å². The molecule has 0 saturated heterocycles. The van der Waals surface area contributed by atoms with Crippen LogP contribution >= 0.6 is 0 Å². The Balaban J connectivity index is 1.60. The number of para-hydroxylation sites is 2. The van der Waals surface area contributed by atoms with E-state index >= 15 is 0 Å². The number of benzene rings is 2. The van der Waals surface area contributed by atoms with Gasteiger partial charge < -0.3 is 19.7 Å². The number of hydrogen-bond acceptors (Lipinski definition) is 4. The smallest absolute Gasteiger partial charge is 0.264 e. The van der Waals surface area contributed by atoms with Crippen LogP contribution in [0.2, 0.25) is 0 Å². The first-order chi connectivity index (χ1) is 11.6. The van der Waals surface area contributed by atoms with E-state index in [9.17, 15) is 9.59 Å². The van der Waals surface area contributed by atoms with Gasteiger partial charge in [0.15, 0.2) is 12.4 Å². The highest BCUT2D eigenvalue weighted by atomic mass is 16.5. The number of anilines is 2. The molecule has 2 aromatic carbocycles. The minimum atomic E-state index is -0.178. The molecule has 6 heteroatoms.